The summed E-state index contributed by atoms with van der Waals surface area (Å²) >= 11 is 0. The second-order valence-corrected chi connectivity index (χ2v) is 12.2. The van der Waals surface area contributed by atoms with Crippen LogP contribution in [-0.2, 0) is 16.1 Å². The third-order valence-corrected chi connectivity index (χ3v) is 9.02. The molecule has 4 atom stereocenters. The van der Waals surface area contributed by atoms with E-state index in [1.54, 1.807) is 22.0 Å². The van der Waals surface area contributed by atoms with Crippen LogP contribution in [0.1, 0.15) is 49.0 Å². The molecule has 0 unspecified atom stereocenters. The summed E-state index contributed by atoms with van der Waals surface area (Å²) in [5.74, 6) is -0.476. The molecule has 1 aromatic heterocycles. The standard InChI is InChI=1S/C28H35N5O4/c1-27(2)10-20(27)26(37)32-16-28(17-32)15-31(14-21(28)24(35)30-22-8-9-23(22)34)25(36)19-11-29-33(13-19)12-18-6-4-3-5-7-18/h3-7,11,13,20-23,34H,8-10,12,14-17H2,1-2H3,(H,30,35)/t20-,21-,22-,23+/m1/s1. The number of rotatable bonds is 6. The highest BCUT2D eigenvalue weighted by Crippen LogP contribution is 2.54. The lowest BCUT2D eigenvalue weighted by molar-refractivity contribution is -0.152. The van der Waals surface area contributed by atoms with E-state index < -0.39 is 17.4 Å². The average Bonchev–Trinajstić information content (AvgIpc) is 3.20. The Bertz CT molecular complexity index is 1220. The number of hydrogen-bond donors (Lipinski definition) is 2. The lowest BCUT2D eigenvalue weighted by Crippen LogP contribution is -2.65. The number of nitrogens with one attached hydrogen (secondary N) is 1. The first-order valence-corrected chi connectivity index (χ1v) is 13.3. The Morgan fingerprint density at radius 1 is 1.05 bits per heavy atom. The highest BCUT2D eigenvalue weighted by molar-refractivity contribution is 5.95. The maximum atomic E-state index is 13.5. The number of nitrogens with zero attached hydrogens (tertiary/aromatic N) is 4. The van der Waals surface area contributed by atoms with Crippen molar-refractivity contribution >= 4 is 17.7 Å². The minimum atomic E-state index is -0.508. The van der Waals surface area contributed by atoms with Crippen molar-refractivity contribution in [1.82, 2.24) is 24.9 Å². The van der Waals surface area contributed by atoms with E-state index in [1.807, 2.05) is 35.2 Å². The average molecular weight is 506 g/mol. The normalized spacial score (nSPS) is 28.9. The number of aromatic nitrogens is 2. The van der Waals surface area contributed by atoms with Crippen molar-refractivity contribution in [3.05, 3.63) is 53.9 Å². The van der Waals surface area contributed by atoms with Crippen LogP contribution in [-0.4, -0.2) is 80.7 Å². The minimum Gasteiger partial charge on any atom is -0.391 e. The summed E-state index contributed by atoms with van der Waals surface area (Å²) in [4.78, 5) is 43.4. The minimum absolute atomic E-state index is 0.0502. The third-order valence-electron chi connectivity index (χ3n) is 9.02. The van der Waals surface area contributed by atoms with Crippen LogP contribution in [0.3, 0.4) is 0 Å². The number of aliphatic hydroxyl groups excluding tert-OH is 1. The molecule has 6 rings (SSSR count). The van der Waals surface area contributed by atoms with Crippen LogP contribution in [0, 0.1) is 22.7 Å². The largest absolute Gasteiger partial charge is 0.391 e. The fourth-order valence-electron chi connectivity index (χ4n) is 6.23. The van der Waals surface area contributed by atoms with Gasteiger partial charge < -0.3 is 20.2 Å². The molecular formula is C28H35N5O4. The van der Waals surface area contributed by atoms with Gasteiger partial charge in [0.25, 0.3) is 5.91 Å². The Morgan fingerprint density at radius 3 is 2.38 bits per heavy atom. The first-order chi connectivity index (χ1) is 17.6. The molecule has 3 heterocycles. The van der Waals surface area contributed by atoms with E-state index in [9.17, 15) is 19.5 Å². The number of carbonyl (C=O) groups is 3. The van der Waals surface area contributed by atoms with Gasteiger partial charge in [0.1, 0.15) is 0 Å². The first kappa shape index (κ1) is 24.2. The number of benzene rings is 1. The molecule has 1 spiro atoms. The molecule has 4 fully saturated rings. The van der Waals surface area contributed by atoms with Crippen molar-refractivity contribution in [1.29, 1.82) is 0 Å². The summed E-state index contributed by atoms with van der Waals surface area (Å²) in [6.07, 6.45) is 5.19. The highest BCUT2D eigenvalue weighted by Gasteiger charge is 2.62. The Balaban J connectivity index is 1.16. The van der Waals surface area contributed by atoms with Crippen LogP contribution in [0.4, 0.5) is 0 Å². The van der Waals surface area contributed by atoms with Crippen LogP contribution in [0.2, 0.25) is 0 Å². The molecule has 0 bridgehead atoms. The van der Waals surface area contributed by atoms with Gasteiger partial charge in [-0.3, -0.25) is 19.1 Å². The van der Waals surface area contributed by atoms with Gasteiger partial charge in [-0.15, -0.1) is 0 Å². The van der Waals surface area contributed by atoms with Crippen molar-refractivity contribution in [2.24, 2.45) is 22.7 Å². The summed E-state index contributed by atoms with van der Waals surface area (Å²) < 4.78 is 1.75. The first-order valence-electron chi connectivity index (χ1n) is 13.3. The molecular weight excluding hydrogens is 470 g/mol. The number of hydrogen-bond acceptors (Lipinski definition) is 5. The van der Waals surface area contributed by atoms with Gasteiger partial charge in [0, 0.05) is 43.7 Å². The van der Waals surface area contributed by atoms with E-state index in [4.69, 9.17) is 0 Å². The van der Waals surface area contributed by atoms with Crippen LogP contribution >= 0.6 is 0 Å². The van der Waals surface area contributed by atoms with Gasteiger partial charge in [-0.05, 0) is 30.2 Å². The zero-order chi connectivity index (χ0) is 25.9. The summed E-state index contributed by atoms with van der Waals surface area (Å²) in [5.41, 5.74) is 1.18. The molecule has 9 nitrogen and oxygen atoms in total. The molecule has 37 heavy (non-hydrogen) atoms. The third kappa shape index (κ3) is 4.33. The number of aliphatic hydroxyl groups is 1. The van der Waals surface area contributed by atoms with Crippen molar-refractivity contribution in [3.63, 3.8) is 0 Å². The molecule has 3 amide bonds. The Morgan fingerprint density at radius 2 is 1.76 bits per heavy atom. The molecule has 2 saturated heterocycles. The van der Waals surface area contributed by atoms with Gasteiger partial charge in [-0.25, -0.2) is 0 Å². The van der Waals surface area contributed by atoms with E-state index in [1.165, 1.54) is 0 Å². The zero-order valence-corrected chi connectivity index (χ0v) is 21.5. The lowest BCUT2D eigenvalue weighted by atomic mass is 9.70. The van der Waals surface area contributed by atoms with Crippen molar-refractivity contribution < 1.29 is 19.5 Å². The fraction of sp³-hybridized carbons (Fsp3) is 0.571. The van der Waals surface area contributed by atoms with Crippen LogP contribution in [0.25, 0.3) is 0 Å². The highest BCUT2D eigenvalue weighted by atomic mass is 16.3. The van der Waals surface area contributed by atoms with Gasteiger partial charge >= 0.3 is 0 Å². The Kier molecular flexibility index (Phi) is 5.67. The lowest BCUT2D eigenvalue weighted by Gasteiger charge is -2.51. The van der Waals surface area contributed by atoms with Gasteiger partial charge in [0.05, 0.1) is 36.4 Å². The summed E-state index contributed by atoms with van der Waals surface area (Å²) in [7, 11) is 0. The molecule has 0 radical (unpaired) electrons. The van der Waals surface area contributed by atoms with Crippen LogP contribution in [0.15, 0.2) is 42.7 Å². The number of carbonyl (C=O) groups excluding carboxylic acids is 3. The van der Waals surface area contributed by atoms with Crippen LogP contribution < -0.4 is 5.32 Å². The molecule has 4 aliphatic rings. The Hall–Kier alpha value is -3.20. The molecule has 2 aliphatic carbocycles. The molecule has 196 valence electrons. The topological polar surface area (TPSA) is 108 Å². The predicted molar refractivity (Wildman–Crippen MR) is 135 cm³/mol. The molecule has 9 heteroatoms. The van der Waals surface area contributed by atoms with Gasteiger partial charge in [0.2, 0.25) is 11.8 Å². The number of amides is 3. The van der Waals surface area contributed by atoms with E-state index in [0.29, 0.717) is 44.7 Å². The van der Waals surface area contributed by atoms with Crippen molar-refractivity contribution in [2.45, 2.75) is 51.8 Å². The maximum Gasteiger partial charge on any atom is 0.257 e. The van der Waals surface area contributed by atoms with Gasteiger partial charge in [0.15, 0.2) is 0 Å². The van der Waals surface area contributed by atoms with E-state index in [-0.39, 0.29) is 35.1 Å². The second-order valence-electron chi connectivity index (χ2n) is 12.2. The van der Waals surface area contributed by atoms with Gasteiger partial charge in [-0.1, -0.05) is 44.2 Å². The zero-order valence-electron chi connectivity index (χ0n) is 21.5. The molecule has 2 aromatic rings. The van der Waals surface area contributed by atoms with Crippen LogP contribution in [0.5, 0.6) is 0 Å². The fourth-order valence-corrected chi connectivity index (χ4v) is 6.23. The molecule has 2 aliphatic heterocycles. The predicted octanol–water partition coefficient (Wildman–Crippen LogP) is 1.52. The molecule has 2 saturated carbocycles. The second kappa shape index (κ2) is 8.68. The van der Waals surface area contributed by atoms with E-state index >= 15 is 0 Å². The molecule has 2 N–H and O–H groups in total. The van der Waals surface area contributed by atoms with Crippen molar-refractivity contribution in [3.8, 4) is 0 Å². The summed E-state index contributed by atoms with van der Waals surface area (Å²) in [6.45, 7) is 6.49. The summed E-state index contributed by atoms with van der Waals surface area (Å²) in [6, 6.07) is 9.71. The van der Waals surface area contributed by atoms with Crippen molar-refractivity contribution in [2.75, 3.05) is 26.2 Å². The SMILES string of the molecule is CC1(C)C[C@@H]1C(=O)N1CC2(CN(C(=O)c3cnn(Cc4ccccc4)c3)C[C@@H]2C(=O)N[C@@H]2CC[C@@H]2O)C1. The smallest absolute Gasteiger partial charge is 0.257 e. The molecule has 1 aromatic carbocycles. The summed E-state index contributed by atoms with van der Waals surface area (Å²) in [5, 5.41) is 17.4. The number of likely N-dealkylation sites (tertiary alicyclic amines) is 2. The van der Waals surface area contributed by atoms with E-state index in [2.05, 4.69) is 24.3 Å². The monoisotopic (exact) mass is 505 g/mol. The Labute approximate surface area is 216 Å². The van der Waals surface area contributed by atoms with Gasteiger partial charge in [-0.2, -0.15) is 5.10 Å². The quantitative estimate of drug-likeness (QED) is 0.619. The maximum absolute atomic E-state index is 13.5. The van der Waals surface area contributed by atoms with E-state index in [0.717, 1.165) is 18.4 Å².